The molecule has 2 aliphatic heterocycles. The Morgan fingerprint density at radius 1 is 1.04 bits per heavy atom. The molecular formula is C15H17Cl3N2O4S. The van der Waals surface area contributed by atoms with Crippen molar-refractivity contribution in [1.82, 2.24) is 9.21 Å². The maximum atomic E-state index is 12.8. The van der Waals surface area contributed by atoms with E-state index in [0.717, 1.165) is 12.8 Å². The monoisotopic (exact) mass is 426 g/mol. The van der Waals surface area contributed by atoms with Crippen LogP contribution in [0.4, 0.5) is 0 Å². The summed E-state index contributed by atoms with van der Waals surface area (Å²) in [6.07, 6.45) is 1.20. The quantitative estimate of drug-likeness (QED) is 0.696. The second-order valence-electron chi connectivity index (χ2n) is 5.93. The van der Waals surface area contributed by atoms with E-state index in [2.05, 4.69) is 0 Å². The van der Waals surface area contributed by atoms with Crippen LogP contribution < -0.4 is 0 Å². The molecule has 0 saturated carbocycles. The van der Waals surface area contributed by atoms with E-state index in [4.69, 9.17) is 39.5 Å². The Balaban J connectivity index is 1.71. The highest BCUT2D eigenvalue weighted by Gasteiger charge is 2.35. The molecule has 1 amide bonds. The fourth-order valence-corrected chi connectivity index (χ4v) is 5.36. The van der Waals surface area contributed by atoms with Gasteiger partial charge in [0.05, 0.1) is 15.1 Å². The number of hydrogen-bond acceptors (Lipinski definition) is 4. The van der Waals surface area contributed by atoms with E-state index in [1.807, 2.05) is 0 Å². The molecule has 1 aromatic carbocycles. The third-order valence-corrected chi connectivity index (χ3v) is 7.43. The molecule has 10 heteroatoms. The minimum Gasteiger partial charge on any atom is -0.368 e. The molecule has 0 bridgehead atoms. The Labute approximate surface area is 161 Å². The number of carbonyl (C=O) groups excluding carboxylic acids is 1. The van der Waals surface area contributed by atoms with Gasteiger partial charge in [0.1, 0.15) is 11.0 Å². The van der Waals surface area contributed by atoms with Gasteiger partial charge in [-0.3, -0.25) is 4.79 Å². The van der Waals surface area contributed by atoms with Crippen LogP contribution in [0.15, 0.2) is 17.0 Å². The first-order valence-electron chi connectivity index (χ1n) is 7.86. The summed E-state index contributed by atoms with van der Waals surface area (Å²) in [5.74, 6) is -0.0675. The largest absolute Gasteiger partial charge is 0.368 e. The molecule has 2 aliphatic rings. The summed E-state index contributed by atoms with van der Waals surface area (Å²) in [5.41, 5.74) is 0. The van der Waals surface area contributed by atoms with Gasteiger partial charge in [0.25, 0.3) is 5.91 Å². The molecule has 138 valence electrons. The average molecular weight is 428 g/mol. The maximum absolute atomic E-state index is 12.8. The summed E-state index contributed by atoms with van der Waals surface area (Å²) in [6.45, 7) is 1.61. The molecule has 0 radical (unpaired) electrons. The van der Waals surface area contributed by atoms with Crippen LogP contribution in [-0.4, -0.2) is 62.4 Å². The maximum Gasteiger partial charge on any atom is 0.251 e. The summed E-state index contributed by atoms with van der Waals surface area (Å²) in [5, 5.41) is 0.335. The number of ether oxygens (including phenoxy) is 1. The number of rotatable bonds is 3. The van der Waals surface area contributed by atoms with Gasteiger partial charge in [0.15, 0.2) is 0 Å². The predicted molar refractivity (Wildman–Crippen MR) is 95.8 cm³/mol. The molecule has 25 heavy (non-hydrogen) atoms. The van der Waals surface area contributed by atoms with E-state index in [1.165, 1.54) is 16.4 Å². The Morgan fingerprint density at radius 3 is 2.28 bits per heavy atom. The zero-order chi connectivity index (χ0) is 18.2. The van der Waals surface area contributed by atoms with Crippen molar-refractivity contribution in [3.8, 4) is 0 Å². The standard InChI is InChI=1S/C15H17Cl3N2O4S/c16-10-8-12(18)14(9-11(10)17)25(22,23)20-5-3-19(4-6-20)15(21)13-2-1-7-24-13/h8-9,13H,1-7H2/t13-/m1/s1. The van der Waals surface area contributed by atoms with Gasteiger partial charge in [-0.2, -0.15) is 4.31 Å². The summed E-state index contributed by atoms with van der Waals surface area (Å²) >= 11 is 17.8. The molecule has 2 fully saturated rings. The van der Waals surface area contributed by atoms with Crippen molar-refractivity contribution in [3.63, 3.8) is 0 Å². The number of benzene rings is 1. The first kappa shape index (κ1) is 19.2. The third kappa shape index (κ3) is 3.91. The van der Waals surface area contributed by atoms with Crippen molar-refractivity contribution in [3.05, 3.63) is 27.2 Å². The number of carbonyl (C=O) groups is 1. The van der Waals surface area contributed by atoms with Crippen LogP contribution in [0, 0.1) is 0 Å². The molecule has 2 saturated heterocycles. The lowest BCUT2D eigenvalue weighted by Gasteiger charge is -2.35. The zero-order valence-corrected chi connectivity index (χ0v) is 16.3. The van der Waals surface area contributed by atoms with E-state index < -0.39 is 16.1 Å². The van der Waals surface area contributed by atoms with Gasteiger partial charge in [-0.05, 0) is 25.0 Å². The molecular weight excluding hydrogens is 411 g/mol. The van der Waals surface area contributed by atoms with Crippen LogP contribution in [0.2, 0.25) is 15.1 Å². The Bertz CT molecular complexity index is 773. The molecule has 1 aromatic rings. The smallest absolute Gasteiger partial charge is 0.251 e. The molecule has 0 aromatic heterocycles. The summed E-state index contributed by atoms with van der Waals surface area (Å²) in [6, 6.07) is 2.57. The van der Waals surface area contributed by atoms with E-state index in [1.54, 1.807) is 4.90 Å². The Kier molecular flexibility index (Phi) is 5.82. The molecule has 0 aliphatic carbocycles. The number of piperazine rings is 1. The average Bonchev–Trinajstić information content (AvgIpc) is 3.12. The topological polar surface area (TPSA) is 66.9 Å². The SMILES string of the molecule is O=C([C@H]1CCCO1)N1CCN(S(=O)(=O)c2cc(Cl)c(Cl)cc2Cl)CC1. The van der Waals surface area contributed by atoms with Gasteiger partial charge in [-0.1, -0.05) is 34.8 Å². The van der Waals surface area contributed by atoms with Gasteiger partial charge < -0.3 is 9.64 Å². The number of sulfonamides is 1. The number of nitrogens with zero attached hydrogens (tertiary/aromatic N) is 2. The van der Waals surface area contributed by atoms with Crippen LogP contribution in [-0.2, 0) is 19.6 Å². The van der Waals surface area contributed by atoms with Crippen LogP contribution in [0.5, 0.6) is 0 Å². The minimum absolute atomic E-state index is 0.0206. The van der Waals surface area contributed by atoms with Crippen LogP contribution >= 0.6 is 34.8 Å². The van der Waals surface area contributed by atoms with Crippen molar-refractivity contribution < 1.29 is 17.9 Å². The lowest BCUT2D eigenvalue weighted by molar-refractivity contribution is -0.142. The summed E-state index contributed by atoms with van der Waals surface area (Å²) in [7, 11) is -3.81. The van der Waals surface area contributed by atoms with E-state index >= 15 is 0 Å². The normalized spacial score (nSPS) is 22.4. The fourth-order valence-electron chi connectivity index (χ4n) is 2.97. The van der Waals surface area contributed by atoms with Crippen molar-refractivity contribution in [2.45, 2.75) is 23.8 Å². The van der Waals surface area contributed by atoms with Crippen molar-refractivity contribution in [2.75, 3.05) is 32.8 Å². The highest BCUT2D eigenvalue weighted by atomic mass is 35.5. The number of halogens is 3. The summed E-state index contributed by atoms with van der Waals surface area (Å²) in [4.78, 5) is 13.9. The molecule has 3 rings (SSSR count). The second kappa shape index (κ2) is 7.58. The second-order valence-corrected chi connectivity index (χ2v) is 9.06. The van der Waals surface area contributed by atoms with Gasteiger partial charge in [0, 0.05) is 32.8 Å². The van der Waals surface area contributed by atoms with Crippen molar-refractivity contribution in [2.24, 2.45) is 0 Å². The predicted octanol–water partition coefficient (Wildman–Crippen LogP) is 2.66. The van der Waals surface area contributed by atoms with Crippen LogP contribution in [0.25, 0.3) is 0 Å². The number of amides is 1. The lowest BCUT2D eigenvalue weighted by atomic mass is 10.2. The zero-order valence-electron chi connectivity index (χ0n) is 13.3. The van der Waals surface area contributed by atoms with Gasteiger partial charge in [-0.15, -0.1) is 0 Å². The fraction of sp³-hybridized carbons (Fsp3) is 0.533. The molecule has 6 nitrogen and oxygen atoms in total. The first-order valence-corrected chi connectivity index (χ1v) is 10.4. The van der Waals surface area contributed by atoms with Gasteiger partial charge >= 0.3 is 0 Å². The highest BCUT2D eigenvalue weighted by molar-refractivity contribution is 7.89. The molecule has 0 N–H and O–H groups in total. The Hall–Kier alpha value is -0.570. The minimum atomic E-state index is -3.81. The molecule has 1 atom stereocenters. The third-order valence-electron chi connectivity index (χ3n) is 4.35. The van der Waals surface area contributed by atoms with E-state index in [9.17, 15) is 13.2 Å². The van der Waals surface area contributed by atoms with Gasteiger partial charge in [-0.25, -0.2) is 8.42 Å². The molecule has 2 heterocycles. The van der Waals surface area contributed by atoms with Crippen LogP contribution in [0.1, 0.15) is 12.8 Å². The highest BCUT2D eigenvalue weighted by Crippen LogP contribution is 2.33. The van der Waals surface area contributed by atoms with Gasteiger partial charge in [0.2, 0.25) is 10.0 Å². The number of hydrogen-bond donors (Lipinski definition) is 0. The summed E-state index contributed by atoms with van der Waals surface area (Å²) < 4.78 is 32.3. The first-order chi connectivity index (χ1) is 11.8. The molecule has 0 unspecified atom stereocenters. The lowest BCUT2D eigenvalue weighted by Crippen LogP contribution is -2.52. The van der Waals surface area contributed by atoms with Crippen molar-refractivity contribution >= 4 is 50.7 Å². The Morgan fingerprint density at radius 2 is 1.68 bits per heavy atom. The molecule has 0 spiro atoms. The van der Waals surface area contributed by atoms with E-state index in [-0.39, 0.29) is 39.0 Å². The van der Waals surface area contributed by atoms with E-state index in [0.29, 0.717) is 19.7 Å². The van der Waals surface area contributed by atoms with Crippen molar-refractivity contribution in [1.29, 1.82) is 0 Å². The van der Waals surface area contributed by atoms with Crippen LogP contribution in [0.3, 0.4) is 0 Å².